The zero-order valence-electron chi connectivity index (χ0n) is 15.6. The summed E-state index contributed by atoms with van der Waals surface area (Å²) in [4.78, 5) is 23.9. The van der Waals surface area contributed by atoms with Gasteiger partial charge in [-0.2, -0.15) is 0 Å². The lowest BCUT2D eigenvalue weighted by molar-refractivity contribution is -0.146. The Morgan fingerprint density at radius 2 is 1.63 bits per heavy atom. The molecule has 0 saturated carbocycles. The SMILES string of the molecule is O=C(COC(=O)CCS(=O)(=O)c1ccc2ccccc2c1)Nc1ccc(Cl)c(Cl)c1. The number of ether oxygens (including phenoxy) is 1. The van der Waals surface area contributed by atoms with Gasteiger partial charge in [0.2, 0.25) is 0 Å². The summed E-state index contributed by atoms with van der Waals surface area (Å²) in [5, 5.41) is 4.83. The van der Waals surface area contributed by atoms with Gasteiger partial charge in [-0.1, -0.05) is 53.5 Å². The van der Waals surface area contributed by atoms with Crippen molar-refractivity contribution in [2.75, 3.05) is 17.7 Å². The largest absolute Gasteiger partial charge is 0.456 e. The van der Waals surface area contributed by atoms with E-state index in [1.165, 1.54) is 18.2 Å². The third kappa shape index (κ3) is 5.72. The first kappa shape index (κ1) is 22.1. The molecule has 6 nitrogen and oxygen atoms in total. The van der Waals surface area contributed by atoms with Crippen LogP contribution in [0.3, 0.4) is 0 Å². The fraction of sp³-hybridized carbons (Fsp3) is 0.143. The number of amides is 1. The van der Waals surface area contributed by atoms with Gasteiger partial charge in [-0.05, 0) is 41.1 Å². The minimum absolute atomic E-state index is 0.131. The average Bonchev–Trinajstić information content (AvgIpc) is 2.73. The molecule has 0 atom stereocenters. The van der Waals surface area contributed by atoms with E-state index < -0.39 is 34.1 Å². The Kier molecular flexibility index (Phi) is 6.97. The quantitative estimate of drug-likeness (QED) is 0.519. The number of rotatable bonds is 7. The molecule has 0 aliphatic heterocycles. The summed E-state index contributed by atoms with van der Waals surface area (Å²) in [6.45, 7) is -0.547. The van der Waals surface area contributed by atoms with E-state index in [2.05, 4.69) is 5.32 Å². The first-order valence-corrected chi connectivity index (χ1v) is 11.3. The molecule has 0 heterocycles. The first-order chi connectivity index (χ1) is 14.2. The normalized spacial score (nSPS) is 11.3. The van der Waals surface area contributed by atoms with Crippen molar-refractivity contribution in [1.29, 1.82) is 0 Å². The summed E-state index contributed by atoms with van der Waals surface area (Å²) >= 11 is 11.7. The molecule has 0 aromatic heterocycles. The number of halogens is 2. The molecule has 0 spiro atoms. The number of fused-ring (bicyclic) bond motifs is 1. The Bertz CT molecular complexity index is 1210. The van der Waals surface area contributed by atoms with Gasteiger partial charge in [-0.15, -0.1) is 0 Å². The summed E-state index contributed by atoms with van der Waals surface area (Å²) in [6, 6.07) is 16.7. The molecule has 3 aromatic carbocycles. The van der Waals surface area contributed by atoms with E-state index in [1.807, 2.05) is 24.3 Å². The molecule has 9 heteroatoms. The van der Waals surface area contributed by atoms with E-state index in [-0.39, 0.29) is 16.3 Å². The maximum absolute atomic E-state index is 12.5. The van der Waals surface area contributed by atoms with Gasteiger partial charge in [-0.3, -0.25) is 9.59 Å². The summed E-state index contributed by atoms with van der Waals surface area (Å²) in [5.41, 5.74) is 0.393. The second kappa shape index (κ2) is 9.47. The standard InChI is InChI=1S/C21H17Cl2NO5S/c22-18-8-6-16(12-19(18)23)24-20(25)13-29-21(26)9-10-30(27,28)17-7-5-14-3-1-2-4-15(14)11-17/h1-8,11-12H,9-10,13H2,(H,24,25). The molecule has 0 aliphatic carbocycles. The molecule has 0 aliphatic rings. The van der Waals surface area contributed by atoms with Gasteiger partial charge in [0.15, 0.2) is 16.4 Å². The molecule has 1 amide bonds. The Balaban J connectivity index is 1.51. The maximum Gasteiger partial charge on any atom is 0.307 e. The molecule has 1 N–H and O–H groups in total. The van der Waals surface area contributed by atoms with Crippen LogP contribution in [0.1, 0.15) is 6.42 Å². The maximum atomic E-state index is 12.5. The second-order valence-corrected chi connectivity index (χ2v) is 9.34. The van der Waals surface area contributed by atoms with Crippen molar-refractivity contribution in [2.45, 2.75) is 11.3 Å². The van der Waals surface area contributed by atoms with E-state index in [0.717, 1.165) is 10.8 Å². The predicted molar refractivity (Wildman–Crippen MR) is 117 cm³/mol. The monoisotopic (exact) mass is 465 g/mol. The van der Waals surface area contributed by atoms with Crippen LogP contribution in [0.4, 0.5) is 5.69 Å². The van der Waals surface area contributed by atoms with Gasteiger partial charge in [0.05, 0.1) is 27.1 Å². The molecule has 0 saturated heterocycles. The molecule has 3 rings (SSSR count). The Hall–Kier alpha value is -2.61. The number of hydrogen-bond acceptors (Lipinski definition) is 5. The third-order valence-electron chi connectivity index (χ3n) is 4.22. The van der Waals surface area contributed by atoms with E-state index in [9.17, 15) is 18.0 Å². The van der Waals surface area contributed by atoms with Gasteiger partial charge < -0.3 is 10.1 Å². The van der Waals surface area contributed by atoms with Crippen LogP contribution in [-0.2, 0) is 24.2 Å². The number of hydrogen-bond donors (Lipinski definition) is 1. The highest BCUT2D eigenvalue weighted by atomic mass is 35.5. The highest BCUT2D eigenvalue weighted by Crippen LogP contribution is 2.25. The Labute approximate surface area is 183 Å². The van der Waals surface area contributed by atoms with Crippen LogP contribution in [0.5, 0.6) is 0 Å². The molecular weight excluding hydrogens is 449 g/mol. The lowest BCUT2D eigenvalue weighted by Gasteiger charge is -2.08. The van der Waals surface area contributed by atoms with Gasteiger partial charge in [0, 0.05) is 5.69 Å². The van der Waals surface area contributed by atoms with Crippen LogP contribution < -0.4 is 5.32 Å². The second-order valence-electron chi connectivity index (χ2n) is 6.42. The minimum Gasteiger partial charge on any atom is -0.456 e. The average molecular weight is 466 g/mol. The number of nitrogens with one attached hydrogen (secondary N) is 1. The minimum atomic E-state index is -3.67. The molecular formula is C21H17Cl2NO5S. The highest BCUT2D eigenvalue weighted by Gasteiger charge is 2.18. The molecule has 0 fully saturated rings. The number of sulfone groups is 1. The summed E-state index contributed by atoms with van der Waals surface area (Å²) in [6.07, 6.45) is -0.366. The lowest BCUT2D eigenvalue weighted by Crippen LogP contribution is -2.22. The van der Waals surface area contributed by atoms with Crippen LogP contribution in [0, 0.1) is 0 Å². The van der Waals surface area contributed by atoms with Crippen LogP contribution in [0.15, 0.2) is 65.6 Å². The van der Waals surface area contributed by atoms with Gasteiger partial charge in [-0.25, -0.2) is 8.42 Å². The van der Waals surface area contributed by atoms with Crippen LogP contribution in [0.2, 0.25) is 10.0 Å². The summed E-state index contributed by atoms with van der Waals surface area (Å²) in [7, 11) is -3.67. The van der Waals surface area contributed by atoms with Crippen molar-refractivity contribution in [1.82, 2.24) is 0 Å². The molecule has 30 heavy (non-hydrogen) atoms. The van der Waals surface area contributed by atoms with Gasteiger partial charge >= 0.3 is 5.97 Å². The lowest BCUT2D eigenvalue weighted by atomic mass is 10.1. The van der Waals surface area contributed by atoms with Crippen molar-refractivity contribution >= 4 is 61.4 Å². The van der Waals surface area contributed by atoms with Crippen molar-refractivity contribution < 1.29 is 22.7 Å². The summed E-state index contributed by atoms with van der Waals surface area (Å²) < 4.78 is 29.9. The van der Waals surface area contributed by atoms with Crippen LogP contribution in [-0.4, -0.2) is 32.7 Å². The Morgan fingerprint density at radius 1 is 0.900 bits per heavy atom. The van der Waals surface area contributed by atoms with E-state index in [1.54, 1.807) is 18.2 Å². The summed E-state index contributed by atoms with van der Waals surface area (Å²) in [5.74, 6) is -1.79. The number of esters is 1. The number of benzene rings is 3. The van der Waals surface area contributed by atoms with Gasteiger partial charge in [0.25, 0.3) is 5.91 Å². The first-order valence-electron chi connectivity index (χ1n) is 8.87. The smallest absolute Gasteiger partial charge is 0.307 e. The van der Waals surface area contributed by atoms with Crippen molar-refractivity contribution in [3.63, 3.8) is 0 Å². The molecule has 0 unspecified atom stereocenters. The van der Waals surface area contributed by atoms with Crippen LogP contribution >= 0.6 is 23.2 Å². The topological polar surface area (TPSA) is 89.5 Å². The highest BCUT2D eigenvalue weighted by molar-refractivity contribution is 7.91. The molecule has 3 aromatic rings. The van der Waals surface area contributed by atoms with Crippen molar-refractivity contribution in [3.8, 4) is 0 Å². The van der Waals surface area contributed by atoms with Crippen molar-refractivity contribution in [3.05, 3.63) is 70.7 Å². The van der Waals surface area contributed by atoms with Crippen molar-refractivity contribution in [2.24, 2.45) is 0 Å². The molecule has 156 valence electrons. The fourth-order valence-electron chi connectivity index (χ4n) is 2.69. The van der Waals surface area contributed by atoms with E-state index in [4.69, 9.17) is 27.9 Å². The number of carbonyl (C=O) groups excluding carboxylic acids is 2. The number of anilines is 1. The molecule has 0 radical (unpaired) electrons. The zero-order valence-corrected chi connectivity index (χ0v) is 17.9. The molecule has 0 bridgehead atoms. The van der Waals surface area contributed by atoms with E-state index in [0.29, 0.717) is 10.7 Å². The zero-order chi connectivity index (χ0) is 21.7. The van der Waals surface area contributed by atoms with Gasteiger partial charge in [0.1, 0.15) is 0 Å². The number of carbonyl (C=O) groups is 2. The van der Waals surface area contributed by atoms with E-state index >= 15 is 0 Å². The fourth-order valence-corrected chi connectivity index (χ4v) is 4.24. The Morgan fingerprint density at radius 3 is 2.37 bits per heavy atom. The predicted octanol–water partition coefficient (Wildman–Crippen LogP) is 4.49. The van der Waals surface area contributed by atoms with Crippen LogP contribution in [0.25, 0.3) is 10.8 Å². The third-order valence-corrected chi connectivity index (χ3v) is 6.68.